The Labute approximate surface area is 304 Å². The third-order valence-corrected chi connectivity index (χ3v) is 8.62. The number of carbonyl (C=O) groups is 2. The number of nitrogens with zero attached hydrogens (tertiary/aromatic N) is 2. The number of nitrogens with one attached hydrogen (secondary N) is 4. The summed E-state index contributed by atoms with van der Waals surface area (Å²) in [4.78, 5) is 25.5. The van der Waals surface area contributed by atoms with Crippen molar-refractivity contribution in [2.75, 3.05) is 24.9 Å². The molecule has 0 aliphatic carbocycles. The van der Waals surface area contributed by atoms with E-state index in [0.717, 1.165) is 35.1 Å². The van der Waals surface area contributed by atoms with Gasteiger partial charge in [0.1, 0.15) is 34.8 Å². The molecule has 0 spiro atoms. The van der Waals surface area contributed by atoms with Gasteiger partial charge in [0, 0.05) is 39.6 Å². The van der Waals surface area contributed by atoms with Crippen LogP contribution in [0.1, 0.15) is 49.9 Å². The Balaban J connectivity index is 0.000000201. The molecule has 6 rings (SSSR count). The van der Waals surface area contributed by atoms with Crippen LogP contribution in [0.3, 0.4) is 0 Å². The van der Waals surface area contributed by atoms with Gasteiger partial charge in [-0.3, -0.25) is 9.59 Å². The lowest BCUT2D eigenvalue weighted by atomic mass is 9.84. The Morgan fingerprint density at radius 1 is 0.615 bits per heavy atom. The summed E-state index contributed by atoms with van der Waals surface area (Å²) in [5.74, 6) is 0.450. The molecule has 2 amide bonds. The number of benzene rings is 4. The Kier molecular flexibility index (Phi) is 11.0. The second-order valence-corrected chi connectivity index (χ2v) is 13.8. The van der Waals surface area contributed by atoms with Crippen molar-refractivity contribution in [1.29, 1.82) is 10.5 Å². The predicted octanol–water partition coefficient (Wildman–Crippen LogP) is 6.99. The average Bonchev–Trinajstić information content (AvgIpc) is 3.12. The summed E-state index contributed by atoms with van der Waals surface area (Å²) >= 11 is 0. The minimum atomic E-state index is -0.448. The van der Waals surface area contributed by atoms with E-state index in [9.17, 15) is 20.1 Å². The van der Waals surface area contributed by atoms with Crippen LogP contribution in [0.25, 0.3) is 11.4 Å². The number of rotatable bonds is 6. The zero-order valence-corrected chi connectivity index (χ0v) is 30.2. The lowest BCUT2D eigenvalue weighted by Gasteiger charge is -2.36. The largest absolute Gasteiger partial charge is 0.497 e. The molecule has 4 aromatic carbocycles. The number of hydrogen-bond acceptors (Lipinski definition) is 8. The second-order valence-electron chi connectivity index (χ2n) is 13.8. The van der Waals surface area contributed by atoms with E-state index in [2.05, 4.69) is 61.1 Å². The minimum Gasteiger partial charge on any atom is -0.497 e. The van der Waals surface area contributed by atoms with Crippen LogP contribution in [-0.2, 0) is 22.4 Å². The number of nitriles is 2. The fourth-order valence-electron chi connectivity index (χ4n) is 6.29. The van der Waals surface area contributed by atoms with Crippen LogP contribution in [0, 0.1) is 22.7 Å². The Bertz CT molecular complexity index is 2130. The van der Waals surface area contributed by atoms with Crippen molar-refractivity contribution in [3.05, 3.63) is 130 Å². The van der Waals surface area contributed by atoms with Gasteiger partial charge < -0.3 is 30.7 Å². The summed E-state index contributed by atoms with van der Waals surface area (Å²) in [7, 11) is 3.15. The summed E-state index contributed by atoms with van der Waals surface area (Å²) in [6.07, 6.45) is 1.65. The maximum atomic E-state index is 12.8. The van der Waals surface area contributed by atoms with Gasteiger partial charge in [0.15, 0.2) is 0 Å². The van der Waals surface area contributed by atoms with Crippen molar-refractivity contribution in [2.24, 2.45) is 0 Å². The number of carbonyl (C=O) groups excluding carboxylic acids is 2. The van der Waals surface area contributed by atoms with Crippen LogP contribution in [0.15, 0.2) is 108 Å². The molecule has 2 aliphatic heterocycles. The summed E-state index contributed by atoms with van der Waals surface area (Å²) in [6.45, 7) is 8.22. The van der Waals surface area contributed by atoms with E-state index in [0.29, 0.717) is 34.3 Å². The van der Waals surface area contributed by atoms with E-state index in [4.69, 9.17) is 9.47 Å². The third kappa shape index (κ3) is 8.61. The molecule has 0 atom stereocenters. The first-order valence-electron chi connectivity index (χ1n) is 16.8. The maximum Gasteiger partial charge on any atom is 0.268 e. The first-order valence-corrected chi connectivity index (χ1v) is 16.8. The van der Waals surface area contributed by atoms with E-state index in [1.807, 2.05) is 48.5 Å². The van der Waals surface area contributed by atoms with Gasteiger partial charge in [-0.2, -0.15) is 10.5 Å². The molecule has 0 aromatic heterocycles. The highest BCUT2D eigenvalue weighted by atomic mass is 16.5. The first kappa shape index (κ1) is 36.8. The van der Waals surface area contributed by atoms with Gasteiger partial charge in [-0.15, -0.1) is 0 Å². The number of anilines is 2. The zero-order valence-electron chi connectivity index (χ0n) is 30.2. The molecule has 0 unspecified atom stereocenters. The highest BCUT2D eigenvalue weighted by Gasteiger charge is 2.32. The van der Waals surface area contributed by atoms with Crippen molar-refractivity contribution in [3.63, 3.8) is 0 Å². The molecule has 0 fully saturated rings. The van der Waals surface area contributed by atoms with Crippen LogP contribution >= 0.6 is 0 Å². The number of fused-ring (bicyclic) bond motifs is 2. The smallest absolute Gasteiger partial charge is 0.268 e. The topological polar surface area (TPSA) is 148 Å². The maximum absolute atomic E-state index is 12.8. The molecule has 4 aromatic rings. The molecule has 2 aliphatic rings. The molecule has 10 heteroatoms. The van der Waals surface area contributed by atoms with Crippen molar-refractivity contribution in [3.8, 4) is 23.6 Å². The number of amides is 2. The van der Waals surface area contributed by atoms with Crippen LogP contribution in [-0.4, -0.2) is 37.1 Å². The summed E-state index contributed by atoms with van der Waals surface area (Å²) in [5.41, 5.74) is 5.99. The lowest BCUT2D eigenvalue weighted by molar-refractivity contribution is -0.113. The van der Waals surface area contributed by atoms with Gasteiger partial charge in [0.2, 0.25) is 0 Å². The fourth-order valence-corrected chi connectivity index (χ4v) is 6.29. The molecule has 0 radical (unpaired) electrons. The normalized spacial score (nSPS) is 16.5. The van der Waals surface area contributed by atoms with Gasteiger partial charge in [-0.1, -0.05) is 54.6 Å². The third-order valence-electron chi connectivity index (χ3n) is 8.62. The van der Waals surface area contributed by atoms with E-state index in [-0.39, 0.29) is 22.2 Å². The minimum absolute atomic E-state index is 0.0630. The van der Waals surface area contributed by atoms with E-state index >= 15 is 0 Å². The summed E-state index contributed by atoms with van der Waals surface area (Å²) in [6, 6.07) is 33.9. The first-order chi connectivity index (χ1) is 24.9. The quantitative estimate of drug-likeness (QED) is 0.125. The Morgan fingerprint density at radius 3 is 1.54 bits per heavy atom. The van der Waals surface area contributed by atoms with Gasteiger partial charge >= 0.3 is 0 Å². The molecule has 10 nitrogen and oxygen atoms in total. The van der Waals surface area contributed by atoms with Gasteiger partial charge in [0.25, 0.3) is 11.8 Å². The van der Waals surface area contributed by atoms with Crippen molar-refractivity contribution in [2.45, 2.75) is 51.6 Å². The van der Waals surface area contributed by atoms with E-state index in [1.54, 1.807) is 62.8 Å². The number of hydrogen-bond donors (Lipinski definition) is 4. The molecule has 264 valence electrons. The SMILES string of the molecule is COc1ccc(NC(=O)C(C#N)=C2NC(C)(C)Cc3ccccc32)cc1.COc1cccc(NC(=O)C(C#N)=C2NC(C)(C)Cc3ccccc32)c1. The molecule has 0 saturated carbocycles. The molecule has 0 saturated heterocycles. The van der Waals surface area contributed by atoms with Crippen LogP contribution in [0.5, 0.6) is 11.5 Å². The van der Waals surface area contributed by atoms with Gasteiger partial charge in [-0.05, 0) is 88.1 Å². The number of ether oxygens (including phenoxy) is 2. The van der Waals surface area contributed by atoms with E-state index in [1.165, 1.54) is 0 Å². The summed E-state index contributed by atoms with van der Waals surface area (Å²) in [5, 5.41) is 31.7. The average molecular weight is 695 g/mol. The molecular weight excluding hydrogens is 652 g/mol. The predicted molar refractivity (Wildman–Crippen MR) is 203 cm³/mol. The number of methoxy groups -OCH3 is 2. The van der Waals surface area contributed by atoms with Gasteiger partial charge in [-0.25, -0.2) is 0 Å². The lowest BCUT2D eigenvalue weighted by Crippen LogP contribution is -2.44. The fraction of sp³-hybridized carbons (Fsp3) is 0.238. The molecular formula is C42H42N6O4. The molecule has 0 bridgehead atoms. The second kappa shape index (κ2) is 15.6. The molecule has 2 heterocycles. The van der Waals surface area contributed by atoms with Gasteiger partial charge in [0.05, 0.1) is 25.6 Å². The van der Waals surface area contributed by atoms with Crippen molar-refractivity contribution < 1.29 is 19.1 Å². The summed E-state index contributed by atoms with van der Waals surface area (Å²) < 4.78 is 10.3. The van der Waals surface area contributed by atoms with Crippen molar-refractivity contribution >= 4 is 34.6 Å². The Hall–Kier alpha value is -6.52. The van der Waals surface area contributed by atoms with Crippen LogP contribution in [0.2, 0.25) is 0 Å². The Morgan fingerprint density at radius 2 is 1.08 bits per heavy atom. The molecule has 52 heavy (non-hydrogen) atoms. The monoisotopic (exact) mass is 694 g/mol. The molecule has 4 N–H and O–H groups in total. The standard InChI is InChI=1S/2C21H21N3O2/c1-21(2)12-14-7-4-5-10-17(14)19(24-21)18(13-22)20(25)23-15-8-6-9-16(11-15)26-3;1-21(2)12-14-6-4-5-7-17(14)19(24-21)18(13-22)20(25)23-15-8-10-16(26-3)11-9-15/h2*4-11,24H,12H2,1-3H3,(H,23,25). The highest BCUT2D eigenvalue weighted by molar-refractivity contribution is 6.13. The van der Waals surface area contributed by atoms with E-state index < -0.39 is 11.8 Å². The van der Waals surface area contributed by atoms with Crippen molar-refractivity contribution in [1.82, 2.24) is 10.6 Å². The van der Waals surface area contributed by atoms with Crippen LogP contribution in [0.4, 0.5) is 11.4 Å². The van der Waals surface area contributed by atoms with Crippen LogP contribution < -0.4 is 30.7 Å². The highest BCUT2D eigenvalue weighted by Crippen LogP contribution is 2.33. The zero-order chi connectivity index (χ0) is 37.5.